The van der Waals surface area contributed by atoms with Crippen LogP contribution in [0.3, 0.4) is 0 Å². The minimum Gasteiger partial charge on any atom is -0.326 e. The number of nitrogens with zero attached hydrogens (tertiary/aromatic N) is 1. The van der Waals surface area contributed by atoms with Gasteiger partial charge in [0.05, 0.1) is 0 Å². The number of halogens is 2. The third kappa shape index (κ3) is 3.61. The van der Waals surface area contributed by atoms with E-state index >= 15 is 0 Å². The lowest BCUT2D eigenvalue weighted by Crippen LogP contribution is -2.28. The van der Waals surface area contributed by atoms with Gasteiger partial charge >= 0.3 is 0 Å². The fourth-order valence-electron chi connectivity index (χ4n) is 1.55. The van der Waals surface area contributed by atoms with E-state index in [1.165, 1.54) is 13.0 Å². The Labute approximate surface area is 81.3 Å². The van der Waals surface area contributed by atoms with Crippen LogP contribution in [0.1, 0.15) is 13.3 Å². The highest BCUT2D eigenvalue weighted by atomic mass is 35.5. The largest absolute Gasteiger partial charge is 0.326 e. The first kappa shape index (κ1) is 14.0. The lowest BCUT2D eigenvalue weighted by Gasteiger charge is -2.09. The van der Waals surface area contributed by atoms with Gasteiger partial charge in [0, 0.05) is 19.1 Å². The Morgan fingerprint density at radius 1 is 1.36 bits per heavy atom. The van der Waals surface area contributed by atoms with Crippen molar-refractivity contribution in [2.75, 3.05) is 20.1 Å². The van der Waals surface area contributed by atoms with Crippen molar-refractivity contribution in [1.29, 1.82) is 0 Å². The average Bonchev–Trinajstić information content (AvgIpc) is 2.10. The second kappa shape index (κ2) is 6.06. The predicted molar refractivity (Wildman–Crippen MR) is 53.7 cm³/mol. The van der Waals surface area contributed by atoms with Crippen molar-refractivity contribution in [3.05, 3.63) is 0 Å². The minimum absolute atomic E-state index is 0. The van der Waals surface area contributed by atoms with E-state index in [1.807, 2.05) is 0 Å². The summed E-state index contributed by atoms with van der Waals surface area (Å²) in [5, 5.41) is 0. The smallest absolute Gasteiger partial charge is 0.0208 e. The van der Waals surface area contributed by atoms with Crippen molar-refractivity contribution >= 4 is 24.8 Å². The van der Waals surface area contributed by atoms with Gasteiger partial charge in [-0.1, -0.05) is 13.3 Å². The Balaban J connectivity index is 0. The lowest BCUT2D eigenvalue weighted by atomic mass is 10.0. The summed E-state index contributed by atoms with van der Waals surface area (Å²) in [6.07, 6.45) is 1.23. The van der Waals surface area contributed by atoms with Crippen LogP contribution in [0.4, 0.5) is 0 Å². The fourth-order valence-corrected chi connectivity index (χ4v) is 1.55. The molecule has 2 atom stereocenters. The Morgan fingerprint density at radius 2 is 1.91 bits per heavy atom. The van der Waals surface area contributed by atoms with Crippen molar-refractivity contribution in [3.8, 4) is 0 Å². The van der Waals surface area contributed by atoms with Gasteiger partial charge in [0.25, 0.3) is 0 Å². The summed E-state index contributed by atoms with van der Waals surface area (Å²) < 4.78 is 0. The first-order chi connectivity index (χ1) is 4.24. The number of likely N-dealkylation sites (tertiary alicyclic amines) is 1. The third-order valence-corrected chi connectivity index (χ3v) is 2.20. The van der Waals surface area contributed by atoms with E-state index in [9.17, 15) is 0 Å². The molecule has 0 spiro atoms. The molecule has 4 heteroatoms. The second-order valence-corrected chi connectivity index (χ2v) is 3.05. The van der Waals surface area contributed by atoms with Gasteiger partial charge < -0.3 is 10.6 Å². The fraction of sp³-hybridized carbons (Fsp3) is 1.00. The maximum Gasteiger partial charge on any atom is 0.0208 e. The Hall–Kier alpha value is 0.500. The van der Waals surface area contributed by atoms with Crippen LogP contribution in [0, 0.1) is 5.92 Å². The summed E-state index contributed by atoms with van der Waals surface area (Å²) in [6, 6.07) is 0.431. The van der Waals surface area contributed by atoms with Gasteiger partial charge in [-0.05, 0) is 13.0 Å². The predicted octanol–water partition coefficient (Wildman–Crippen LogP) is 1.13. The van der Waals surface area contributed by atoms with Crippen molar-refractivity contribution < 1.29 is 0 Å². The van der Waals surface area contributed by atoms with E-state index in [0.29, 0.717) is 6.04 Å². The van der Waals surface area contributed by atoms with Crippen LogP contribution in [0.5, 0.6) is 0 Å². The van der Waals surface area contributed by atoms with Gasteiger partial charge in [-0.3, -0.25) is 0 Å². The first-order valence-corrected chi connectivity index (χ1v) is 3.68. The number of hydrogen-bond acceptors (Lipinski definition) is 2. The molecule has 0 aromatic carbocycles. The molecule has 1 heterocycles. The number of nitrogens with two attached hydrogens (primary N) is 1. The molecule has 0 aliphatic carbocycles. The highest BCUT2D eigenvalue weighted by Crippen LogP contribution is 2.15. The molecule has 70 valence electrons. The lowest BCUT2D eigenvalue weighted by molar-refractivity contribution is 0.392. The molecule has 2 N–H and O–H groups in total. The van der Waals surface area contributed by atoms with E-state index in [0.717, 1.165) is 12.5 Å². The highest BCUT2D eigenvalue weighted by molar-refractivity contribution is 5.85. The molecule has 0 saturated carbocycles. The zero-order valence-corrected chi connectivity index (χ0v) is 8.75. The molecule has 2 nitrogen and oxygen atoms in total. The van der Waals surface area contributed by atoms with Crippen LogP contribution in [0.25, 0.3) is 0 Å². The highest BCUT2D eigenvalue weighted by Gasteiger charge is 2.25. The molecule has 2 unspecified atom stereocenters. The van der Waals surface area contributed by atoms with Gasteiger partial charge in [-0.2, -0.15) is 0 Å². The van der Waals surface area contributed by atoms with E-state index in [4.69, 9.17) is 5.73 Å². The van der Waals surface area contributed by atoms with Crippen molar-refractivity contribution in [2.24, 2.45) is 11.7 Å². The van der Waals surface area contributed by atoms with E-state index in [-0.39, 0.29) is 24.8 Å². The number of rotatable bonds is 1. The van der Waals surface area contributed by atoms with Crippen LogP contribution in [-0.4, -0.2) is 31.1 Å². The molecule has 1 aliphatic rings. The van der Waals surface area contributed by atoms with Crippen LogP contribution < -0.4 is 5.73 Å². The Morgan fingerprint density at radius 3 is 2.09 bits per heavy atom. The van der Waals surface area contributed by atoms with Gasteiger partial charge in [0.15, 0.2) is 0 Å². The molecule has 1 aliphatic heterocycles. The van der Waals surface area contributed by atoms with Crippen molar-refractivity contribution in [1.82, 2.24) is 4.90 Å². The standard InChI is InChI=1S/C7H16N2.2ClH/c1-3-6-4-9(2)5-7(6)8;;/h6-7H,3-5,8H2,1-2H3;2*1H. The van der Waals surface area contributed by atoms with Gasteiger partial charge in [-0.15, -0.1) is 24.8 Å². The number of hydrogen-bond donors (Lipinski definition) is 1. The molecule has 1 fully saturated rings. The van der Waals surface area contributed by atoms with Crippen molar-refractivity contribution in [2.45, 2.75) is 19.4 Å². The zero-order valence-electron chi connectivity index (χ0n) is 7.12. The van der Waals surface area contributed by atoms with E-state index < -0.39 is 0 Å². The third-order valence-electron chi connectivity index (χ3n) is 2.20. The molecule has 0 amide bonds. The van der Waals surface area contributed by atoms with E-state index in [1.54, 1.807) is 0 Å². The van der Waals surface area contributed by atoms with Crippen LogP contribution >= 0.6 is 24.8 Å². The zero-order chi connectivity index (χ0) is 6.85. The second-order valence-electron chi connectivity index (χ2n) is 3.05. The summed E-state index contributed by atoms with van der Waals surface area (Å²) in [4.78, 5) is 2.30. The molecule has 1 saturated heterocycles. The molecule has 0 aromatic rings. The van der Waals surface area contributed by atoms with Gasteiger partial charge in [-0.25, -0.2) is 0 Å². The maximum absolute atomic E-state index is 5.84. The summed E-state index contributed by atoms with van der Waals surface area (Å²) in [5.74, 6) is 0.745. The van der Waals surface area contributed by atoms with Gasteiger partial charge in [0.1, 0.15) is 0 Å². The van der Waals surface area contributed by atoms with Crippen molar-refractivity contribution in [3.63, 3.8) is 0 Å². The maximum atomic E-state index is 5.84. The normalized spacial score (nSPS) is 30.8. The Kier molecular flexibility index (Phi) is 7.75. The summed E-state index contributed by atoms with van der Waals surface area (Å²) in [6.45, 7) is 4.49. The topological polar surface area (TPSA) is 29.3 Å². The molecule has 0 aromatic heterocycles. The minimum atomic E-state index is 0. The number of likely N-dealkylation sites (N-methyl/N-ethyl adjacent to an activating group) is 1. The SMILES string of the molecule is CCC1CN(C)CC1N.Cl.Cl. The van der Waals surface area contributed by atoms with E-state index in [2.05, 4.69) is 18.9 Å². The molecule has 1 rings (SSSR count). The Bertz CT molecular complexity index is 100. The van der Waals surface area contributed by atoms with Crippen LogP contribution in [0.2, 0.25) is 0 Å². The quantitative estimate of drug-likeness (QED) is 0.689. The average molecular weight is 201 g/mol. The first-order valence-electron chi connectivity index (χ1n) is 3.68. The molecule has 11 heavy (non-hydrogen) atoms. The molecular formula is C7H18Cl2N2. The summed E-state index contributed by atoms with van der Waals surface area (Å²) in [7, 11) is 2.13. The van der Waals surface area contributed by atoms with Gasteiger partial charge in [0.2, 0.25) is 0 Å². The van der Waals surface area contributed by atoms with Crippen LogP contribution in [-0.2, 0) is 0 Å². The van der Waals surface area contributed by atoms with Crippen LogP contribution in [0.15, 0.2) is 0 Å². The molecule has 0 bridgehead atoms. The molecule has 0 radical (unpaired) electrons. The monoisotopic (exact) mass is 200 g/mol. The molecular weight excluding hydrogens is 183 g/mol. The summed E-state index contributed by atoms with van der Waals surface area (Å²) >= 11 is 0. The summed E-state index contributed by atoms with van der Waals surface area (Å²) in [5.41, 5.74) is 5.84.